The second-order valence-corrected chi connectivity index (χ2v) is 10.7. The van der Waals surface area contributed by atoms with Crippen molar-refractivity contribution < 1.29 is 9.59 Å². The molecule has 5 heteroatoms. The number of amides is 3. The van der Waals surface area contributed by atoms with Crippen molar-refractivity contribution in [2.24, 2.45) is 29.1 Å². The van der Waals surface area contributed by atoms with E-state index in [0.29, 0.717) is 11.3 Å². The highest BCUT2D eigenvalue weighted by Crippen LogP contribution is 2.59. The number of nitrogens with zero attached hydrogens (tertiary/aromatic N) is 1. The molecule has 3 aliphatic carbocycles. The maximum atomic E-state index is 12.7. The van der Waals surface area contributed by atoms with Gasteiger partial charge in [-0.05, 0) is 80.7 Å². The molecule has 2 heterocycles. The Morgan fingerprint density at radius 1 is 1.18 bits per heavy atom. The van der Waals surface area contributed by atoms with Gasteiger partial charge in [-0.2, -0.15) is 0 Å². The topological polar surface area (TPSA) is 61.4 Å². The van der Waals surface area contributed by atoms with Gasteiger partial charge >= 0.3 is 6.03 Å². The van der Waals surface area contributed by atoms with Gasteiger partial charge in [0.2, 0.25) is 0 Å². The maximum Gasteiger partial charge on any atom is 0.322 e. The number of imide groups is 1. The van der Waals surface area contributed by atoms with Crippen molar-refractivity contribution in [3.05, 3.63) is 11.6 Å². The first-order valence-electron chi connectivity index (χ1n) is 11.3. The molecular formula is C23H37N3O2. The zero-order valence-electron chi connectivity index (χ0n) is 18.0. The van der Waals surface area contributed by atoms with Gasteiger partial charge in [-0.15, -0.1) is 0 Å². The summed E-state index contributed by atoms with van der Waals surface area (Å²) in [5.74, 6) is 2.31. The second kappa shape index (κ2) is 7.16. The Bertz CT molecular complexity index is 675. The molecule has 3 atom stereocenters. The number of carbonyl (C=O) groups excluding carboxylic acids is 2. The Morgan fingerprint density at radius 2 is 1.89 bits per heavy atom. The van der Waals surface area contributed by atoms with E-state index >= 15 is 0 Å². The lowest BCUT2D eigenvalue weighted by molar-refractivity contribution is -0.127. The van der Waals surface area contributed by atoms with Crippen molar-refractivity contribution in [1.82, 2.24) is 15.5 Å². The standard InChI is InChI=1S/C23H37N3O2/c1-15(2)7-10-23(20(27)24-21(28)25-23)17-8-11-26(12-9-17)14-16-5-6-18-13-19(16)22(18,3)4/h5,15,17-19H,6-14H2,1-4H3,(H2,24,25,27,28)/t18-,19-,23-/m0/s1. The number of piperidine rings is 1. The first kappa shape index (κ1) is 19.9. The molecule has 2 bridgehead atoms. The summed E-state index contributed by atoms with van der Waals surface area (Å²) in [4.78, 5) is 27.2. The van der Waals surface area contributed by atoms with E-state index in [4.69, 9.17) is 0 Å². The predicted octanol–water partition coefficient (Wildman–Crippen LogP) is 3.71. The number of hydrogen-bond acceptors (Lipinski definition) is 3. The molecule has 156 valence electrons. The summed E-state index contributed by atoms with van der Waals surface area (Å²) in [6.07, 6.45) is 8.80. The highest BCUT2D eigenvalue weighted by Gasteiger charge is 2.53. The number of nitrogens with one attached hydrogen (secondary N) is 2. The van der Waals surface area contributed by atoms with E-state index in [1.807, 2.05) is 0 Å². The van der Waals surface area contributed by atoms with Crippen molar-refractivity contribution >= 4 is 11.9 Å². The lowest BCUT2D eigenvalue weighted by atomic mass is 9.49. The summed E-state index contributed by atoms with van der Waals surface area (Å²) in [6, 6.07) is -0.315. The fourth-order valence-corrected chi connectivity index (χ4v) is 6.19. The minimum absolute atomic E-state index is 0.103. The Morgan fingerprint density at radius 3 is 2.43 bits per heavy atom. The van der Waals surface area contributed by atoms with E-state index in [0.717, 1.165) is 57.2 Å². The van der Waals surface area contributed by atoms with E-state index in [2.05, 4.69) is 49.3 Å². The van der Waals surface area contributed by atoms with Gasteiger partial charge in [-0.3, -0.25) is 15.0 Å². The van der Waals surface area contributed by atoms with Crippen molar-refractivity contribution in [3.63, 3.8) is 0 Å². The third kappa shape index (κ3) is 3.30. The van der Waals surface area contributed by atoms with E-state index in [9.17, 15) is 9.59 Å². The van der Waals surface area contributed by atoms with Crippen LogP contribution in [0.4, 0.5) is 4.79 Å². The molecule has 0 spiro atoms. The molecule has 0 radical (unpaired) electrons. The van der Waals surface area contributed by atoms with Gasteiger partial charge in [0.25, 0.3) is 5.91 Å². The van der Waals surface area contributed by atoms with E-state index in [1.54, 1.807) is 5.57 Å². The fraction of sp³-hybridized carbons (Fsp3) is 0.826. The Balaban J connectivity index is 1.38. The van der Waals surface area contributed by atoms with Crippen LogP contribution in [0.15, 0.2) is 11.6 Å². The Hall–Kier alpha value is -1.36. The third-order valence-electron chi connectivity index (χ3n) is 8.36. The van der Waals surface area contributed by atoms with E-state index in [1.165, 1.54) is 12.8 Å². The average molecular weight is 388 g/mol. The smallest absolute Gasteiger partial charge is 0.322 e. The van der Waals surface area contributed by atoms with Crippen LogP contribution in [0.5, 0.6) is 0 Å². The third-order valence-corrected chi connectivity index (χ3v) is 8.36. The van der Waals surface area contributed by atoms with Crippen LogP contribution in [0.3, 0.4) is 0 Å². The largest absolute Gasteiger partial charge is 0.323 e. The van der Waals surface area contributed by atoms with Crippen LogP contribution in [-0.2, 0) is 4.79 Å². The minimum Gasteiger partial charge on any atom is -0.323 e. The molecule has 5 rings (SSSR count). The number of urea groups is 1. The lowest BCUT2D eigenvalue weighted by Crippen LogP contribution is -2.56. The van der Waals surface area contributed by atoms with Gasteiger partial charge in [-0.25, -0.2) is 4.79 Å². The highest BCUT2D eigenvalue weighted by atomic mass is 16.2. The van der Waals surface area contributed by atoms with Gasteiger partial charge < -0.3 is 5.32 Å². The van der Waals surface area contributed by atoms with Crippen LogP contribution in [0.25, 0.3) is 0 Å². The second-order valence-electron chi connectivity index (χ2n) is 10.7. The van der Waals surface area contributed by atoms with Gasteiger partial charge in [0.1, 0.15) is 5.54 Å². The molecule has 0 unspecified atom stereocenters. The highest BCUT2D eigenvalue weighted by molar-refractivity contribution is 6.07. The molecule has 5 nitrogen and oxygen atoms in total. The molecule has 2 aliphatic heterocycles. The number of fused-ring (bicyclic) bond motifs is 1. The number of carbonyl (C=O) groups is 2. The van der Waals surface area contributed by atoms with Crippen LogP contribution in [0.1, 0.15) is 66.2 Å². The van der Waals surface area contributed by atoms with Crippen LogP contribution in [-0.4, -0.2) is 42.0 Å². The van der Waals surface area contributed by atoms with Crippen LogP contribution >= 0.6 is 0 Å². The molecule has 5 aliphatic rings. The zero-order valence-corrected chi connectivity index (χ0v) is 18.0. The molecule has 28 heavy (non-hydrogen) atoms. The number of rotatable bonds is 6. The lowest BCUT2D eigenvalue weighted by Gasteiger charge is -2.57. The van der Waals surface area contributed by atoms with Crippen molar-refractivity contribution in [3.8, 4) is 0 Å². The monoisotopic (exact) mass is 387 g/mol. The summed E-state index contributed by atoms with van der Waals surface area (Å²) in [5.41, 5.74) is 1.43. The molecule has 0 aromatic carbocycles. The van der Waals surface area contributed by atoms with Crippen molar-refractivity contribution in [2.75, 3.05) is 19.6 Å². The zero-order chi connectivity index (χ0) is 20.1. The average Bonchev–Trinajstić information content (AvgIpc) is 2.95. The first-order valence-corrected chi connectivity index (χ1v) is 11.3. The van der Waals surface area contributed by atoms with Crippen LogP contribution in [0.2, 0.25) is 0 Å². The minimum atomic E-state index is -0.694. The summed E-state index contributed by atoms with van der Waals surface area (Å²) in [6.45, 7) is 12.3. The fourth-order valence-electron chi connectivity index (χ4n) is 6.19. The summed E-state index contributed by atoms with van der Waals surface area (Å²) >= 11 is 0. The molecule has 1 saturated carbocycles. The van der Waals surface area contributed by atoms with Gasteiger partial charge in [0.05, 0.1) is 0 Å². The van der Waals surface area contributed by atoms with Gasteiger partial charge in [0, 0.05) is 6.54 Å². The molecule has 2 N–H and O–H groups in total. The number of allylic oxidation sites excluding steroid dienone is 1. The van der Waals surface area contributed by atoms with Crippen LogP contribution < -0.4 is 10.6 Å². The molecular weight excluding hydrogens is 350 g/mol. The van der Waals surface area contributed by atoms with E-state index in [-0.39, 0.29) is 17.9 Å². The normalized spacial score (nSPS) is 35.4. The predicted molar refractivity (Wildman–Crippen MR) is 111 cm³/mol. The maximum absolute atomic E-state index is 12.7. The summed E-state index contributed by atoms with van der Waals surface area (Å²) in [7, 11) is 0. The van der Waals surface area contributed by atoms with Crippen molar-refractivity contribution in [2.45, 2.75) is 71.8 Å². The van der Waals surface area contributed by atoms with Crippen LogP contribution in [0, 0.1) is 29.1 Å². The quantitative estimate of drug-likeness (QED) is 0.539. The Labute approximate surface area is 169 Å². The number of hydrogen-bond donors (Lipinski definition) is 2. The first-order chi connectivity index (χ1) is 13.2. The number of likely N-dealkylation sites (tertiary alicyclic amines) is 1. The van der Waals surface area contributed by atoms with E-state index < -0.39 is 5.54 Å². The van der Waals surface area contributed by atoms with Gasteiger partial charge in [0.15, 0.2) is 0 Å². The molecule has 0 aromatic heterocycles. The summed E-state index contributed by atoms with van der Waals surface area (Å²) in [5, 5.41) is 5.55. The molecule has 2 saturated heterocycles. The molecule has 3 amide bonds. The Kier molecular flexibility index (Phi) is 5.09. The molecule has 0 aromatic rings. The SMILES string of the molecule is CC(C)CC[C@@]1(C2CCN(CC3=CC[C@H]4C[C@@H]3C4(C)C)CC2)NC(=O)NC1=O. The summed E-state index contributed by atoms with van der Waals surface area (Å²) < 4.78 is 0. The molecule has 3 fully saturated rings. The van der Waals surface area contributed by atoms with Gasteiger partial charge in [-0.1, -0.05) is 39.3 Å². The van der Waals surface area contributed by atoms with Crippen molar-refractivity contribution in [1.29, 1.82) is 0 Å².